The molecule has 0 radical (unpaired) electrons. The molecule has 146 valence electrons. The molecule has 6 heteroatoms. The smallest absolute Gasteiger partial charge is 0.315 e. The molecule has 0 aliphatic rings. The molecule has 0 saturated carbocycles. The third-order valence-electron chi connectivity index (χ3n) is 4.61. The van der Waals surface area contributed by atoms with E-state index in [1.165, 1.54) is 5.56 Å². The molecule has 2 N–H and O–H groups in total. The van der Waals surface area contributed by atoms with Crippen molar-refractivity contribution in [2.75, 3.05) is 0 Å². The second kappa shape index (κ2) is 9.21. The van der Waals surface area contributed by atoms with E-state index in [1.54, 1.807) is 22.2 Å². The van der Waals surface area contributed by atoms with Gasteiger partial charge >= 0.3 is 6.03 Å². The molecule has 4 aromatic rings. The number of hydrogen-bond donors (Lipinski definition) is 2. The Balaban J connectivity index is 1.39. The van der Waals surface area contributed by atoms with Gasteiger partial charge in [0, 0.05) is 23.8 Å². The summed E-state index contributed by atoms with van der Waals surface area (Å²) in [6.07, 6.45) is 4.40. The third kappa shape index (κ3) is 5.12. The van der Waals surface area contributed by atoms with Gasteiger partial charge in [0.25, 0.3) is 0 Å². The first-order valence-corrected chi connectivity index (χ1v) is 10.4. The van der Waals surface area contributed by atoms with E-state index in [1.807, 2.05) is 66.2 Å². The SMILES string of the molecule is O=C(NCc1cccc(-n2cccn2)c1)NC(Cc1ccccc1)c1cccs1. The number of benzene rings is 2. The van der Waals surface area contributed by atoms with Gasteiger partial charge in [-0.25, -0.2) is 9.48 Å². The number of aromatic nitrogens is 2. The fourth-order valence-corrected chi connectivity index (χ4v) is 3.96. The van der Waals surface area contributed by atoms with Crippen molar-refractivity contribution in [1.82, 2.24) is 20.4 Å². The molecule has 2 aromatic heterocycles. The van der Waals surface area contributed by atoms with E-state index < -0.39 is 0 Å². The zero-order valence-corrected chi connectivity index (χ0v) is 16.7. The molecule has 0 aliphatic heterocycles. The first kappa shape index (κ1) is 19.0. The minimum Gasteiger partial charge on any atom is -0.334 e. The molecule has 2 aromatic carbocycles. The molecule has 0 saturated heterocycles. The number of thiophene rings is 1. The van der Waals surface area contributed by atoms with Crippen LogP contribution < -0.4 is 10.6 Å². The second-order valence-electron chi connectivity index (χ2n) is 6.71. The van der Waals surface area contributed by atoms with Crippen molar-refractivity contribution in [1.29, 1.82) is 0 Å². The van der Waals surface area contributed by atoms with Gasteiger partial charge in [-0.1, -0.05) is 48.5 Å². The Bertz CT molecular complexity index is 1030. The Morgan fingerprint density at radius 2 is 1.86 bits per heavy atom. The Morgan fingerprint density at radius 3 is 2.62 bits per heavy atom. The largest absolute Gasteiger partial charge is 0.334 e. The maximum absolute atomic E-state index is 12.6. The van der Waals surface area contributed by atoms with Gasteiger partial charge in [-0.2, -0.15) is 5.10 Å². The minimum absolute atomic E-state index is 0.0622. The molecule has 0 aliphatic carbocycles. The Morgan fingerprint density at radius 1 is 1.00 bits per heavy atom. The van der Waals surface area contributed by atoms with Crippen LogP contribution in [-0.2, 0) is 13.0 Å². The van der Waals surface area contributed by atoms with Crippen LogP contribution in [0, 0.1) is 0 Å². The maximum Gasteiger partial charge on any atom is 0.315 e. The zero-order chi connectivity index (χ0) is 19.9. The lowest BCUT2D eigenvalue weighted by Crippen LogP contribution is -2.38. The van der Waals surface area contributed by atoms with Crippen molar-refractivity contribution in [2.45, 2.75) is 19.0 Å². The average Bonchev–Trinajstić information content (AvgIpc) is 3.47. The van der Waals surface area contributed by atoms with Gasteiger partial charge < -0.3 is 10.6 Å². The van der Waals surface area contributed by atoms with Crippen LogP contribution in [0.2, 0.25) is 0 Å². The summed E-state index contributed by atoms with van der Waals surface area (Å²) in [5, 5.41) is 12.4. The molecule has 4 rings (SSSR count). The molecular formula is C23H22N4OS. The predicted octanol–water partition coefficient (Wildman–Crippen LogP) is 4.72. The number of amides is 2. The minimum atomic E-state index is -0.177. The summed E-state index contributed by atoms with van der Waals surface area (Å²) in [6, 6.07) is 23.9. The van der Waals surface area contributed by atoms with Crippen molar-refractivity contribution in [2.24, 2.45) is 0 Å². The number of nitrogens with zero attached hydrogens (tertiary/aromatic N) is 2. The molecule has 2 heterocycles. The molecule has 0 spiro atoms. The van der Waals surface area contributed by atoms with Crippen molar-refractivity contribution in [3.63, 3.8) is 0 Å². The van der Waals surface area contributed by atoms with Gasteiger partial charge in [0.2, 0.25) is 0 Å². The molecule has 5 nitrogen and oxygen atoms in total. The molecule has 0 bridgehead atoms. The summed E-state index contributed by atoms with van der Waals surface area (Å²) < 4.78 is 1.80. The standard InChI is InChI=1S/C23H22N4OS/c28-23(24-17-19-9-4-10-20(15-19)27-13-6-12-25-27)26-21(22-11-5-14-29-22)16-18-7-2-1-3-8-18/h1-15,21H,16-17H2,(H2,24,26,28). The molecular weight excluding hydrogens is 380 g/mol. The highest BCUT2D eigenvalue weighted by Gasteiger charge is 2.16. The lowest BCUT2D eigenvalue weighted by molar-refractivity contribution is 0.236. The first-order chi connectivity index (χ1) is 14.3. The van der Waals surface area contributed by atoms with Gasteiger partial charge in [-0.05, 0) is 47.2 Å². The first-order valence-electron chi connectivity index (χ1n) is 9.48. The Hall–Kier alpha value is -3.38. The Labute approximate surface area is 174 Å². The third-order valence-corrected chi connectivity index (χ3v) is 5.59. The number of carbonyl (C=O) groups is 1. The predicted molar refractivity (Wildman–Crippen MR) is 116 cm³/mol. The number of urea groups is 1. The quantitative estimate of drug-likeness (QED) is 0.470. The second-order valence-corrected chi connectivity index (χ2v) is 7.68. The number of rotatable bonds is 7. The van der Waals surface area contributed by atoms with Crippen molar-refractivity contribution in [3.05, 3.63) is 107 Å². The van der Waals surface area contributed by atoms with Crippen LogP contribution in [0.5, 0.6) is 0 Å². The summed E-state index contributed by atoms with van der Waals surface area (Å²) in [6.45, 7) is 0.448. The van der Waals surface area contributed by atoms with E-state index in [0.29, 0.717) is 6.54 Å². The van der Waals surface area contributed by atoms with Crippen molar-refractivity contribution >= 4 is 17.4 Å². The summed E-state index contributed by atoms with van der Waals surface area (Å²) >= 11 is 1.65. The van der Waals surface area contributed by atoms with Crippen LogP contribution in [0.15, 0.2) is 90.6 Å². The summed E-state index contributed by atoms with van der Waals surface area (Å²) in [5.41, 5.74) is 3.18. The van der Waals surface area contributed by atoms with E-state index in [-0.39, 0.29) is 12.1 Å². The Kier molecular flexibility index (Phi) is 6.02. The highest BCUT2D eigenvalue weighted by molar-refractivity contribution is 7.10. The van der Waals surface area contributed by atoms with Gasteiger partial charge in [0.05, 0.1) is 11.7 Å². The number of carbonyl (C=O) groups excluding carboxylic acids is 1. The average molecular weight is 403 g/mol. The van der Waals surface area contributed by atoms with Gasteiger partial charge in [-0.15, -0.1) is 11.3 Å². The molecule has 1 atom stereocenters. The highest BCUT2D eigenvalue weighted by Crippen LogP contribution is 2.23. The van der Waals surface area contributed by atoms with E-state index in [9.17, 15) is 4.79 Å². The fourth-order valence-electron chi connectivity index (χ4n) is 3.18. The van der Waals surface area contributed by atoms with E-state index >= 15 is 0 Å². The van der Waals surface area contributed by atoms with Gasteiger partial charge in [0.15, 0.2) is 0 Å². The van der Waals surface area contributed by atoms with Crippen LogP contribution in [0.4, 0.5) is 4.79 Å². The highest BCUT2D eigenvalue weighted by atomic mass is 32.1. The van der Waals surface area contributed by atoms with Crippen molar-refractivity contribution in [3.8, 4) is 5.69 Å². The van der Waals surface area contributed by atoms with Crippen LogP contribution in [0.3, 0.4) is 0 Å². The lowest BCUT2D eigenvalue weighted by Gasteiger charge is -2.18. The maximum atomic E-state index is 12.6. The van der Waals surface area contributed by atoms with E-state index in [4.69, 9.17) is 0 Å². The topological polar surface area (TPSA) is 59.0 Å². The van der Waals surface area contributed by atoms with Crippen LogP contribution >= 0.6 is 11.3 Å². The molecule has 2 amide bonds. The molecule has 1 unspecified atom stereocenters. The van der Waals surface area contributed by atoms with Crippen LogP contribution in [0.1, 0.15) is 22.0 Å². The number of hydrogen-bond acceptors (Lipinski definition) is 3. The van der Waals surface area contributed by atoms with Gasteiger partial charge in [0.1, 0.15) is 0 Å². The summed E-state index contributed by atoms with van der Waals surface area (Å²) in [5.74, 6) is 0. The van der Waals surface area contributed by atoms with Crippen LogP contribution in [0.25, 0.3) is 5.69 Å². The lowest BCUT2D eigenvalue weighted by atomic mass is 10.0. The fraction of sp³-hybridized carbons (Fsp3) is 0.130. The summed E-state index contributed by atoms with van der Waals surface area (Å²) in [4.78, 5) is 13.7. The monoisotopic (exact) mass is 402 g/mol. The van der Waals surface area contributed by atoms with Gasteiger partial charge in [-0.3, -0.25) is 0 Å². The summed E-state index contributed by atoms with van der Waals surface area (Å²) in [7, 11) is 0. The molecule has 29 heavy (non-hydrogen) atoms. The van der Waals surface area contributed by atoms with Crippen molar-refractivity contribution < 1.29 is 4.79 Å². The normalized spacial score (nSPS) is 11.7. The zero-order valence-electron chi connectivity index (χ0n) is 15.9. The molecule has 0 fully saturated rings. The van der Waals surface area contributed by atoms with Crippen LogP contribution in [-0.4, -0.2) is 15.8 Å². The van der Waals surface area contributed by atoms with E-state index in [0.717, 1.165) is 22.5 Å². The number of nitrogens with one attached hydrogen (secondary N) is 2. The van der Waals surface area contributed by atoms with E-state index in [2.05, 4.69) is 33.9 Å².